The molecule has 0 aliphatic rings. The number of carbonyl (C=O) groups excluding carboxylic acids is 1. The second-order valence-electron chi connectivity index (χ2n) is 5.92. The van der Waals surface area contributed by atoms with Crippen molar-refractivity contribution < 1.29 is 13.6 Å². The molecule has 0 bridgehead atoms. The normalized spacial score (nSPS) is 12.3. The maximum atomic E-state index is 13.4. The lowest BCUT2D eigenvalue weighted by Crippen LogP contribution is -2.30. The zero-order valence-corrected chi connectivity index (χ0v) is 14.1. The van der Waals surface area contributed by atoms with Gasteiger partial charge >= 0.3 is 0 Å². The summed E-state index contributed by atoms with van der Waals surface area (Å²) in [5.41, 5.74) is 2.26. The number of fused-ring (bicyclic) bond motifs is 1. The maximum absolute atomic E-state index is 13.4. The summed E-state index contributed by atoms with van der Waals surface area (Å²) in [6.07, 6.45) is 0.709. The van der Waals surface area contributed by atoms with Crippen LogP contribution in [0.1, 0.15) is 31.3 Å². The van der Waals surface area contributed by atoms with E-state index in [0.717, 1.165) is 29.0 Å². The summed E-state index contributed by atoms with van der Waals surface area (Å²) in [5.74, 6) is -1.21. The fourth-order valence-electron chi connectivity index (χ4n) is 2.87. The largest absolute Gasteiger partial charge is 0.348 e. The van der Waals surface area contributed by atoms with E-state index < -0.39 is 17.7 Å². The highest BCUT2D eigenvalue weighted by Gasteiger charge is 2.15. The lowest BCUT2D eigenvalue weighted by atomic mass is 10.1. The van der Waals surface area contributed by atoms with E-state index in [1.807, 2.05) is 35.8 Å². The van der Waals surface area contributed by atoms with Crippen LogP contribution in [0.4, 0.5) is 8.78 Å². The van der Waals surface area contributed by atoms with Gasteiger partial charge in [0, 0.05) is 6.42 Å². The minimum absolute atomic E-state index is 0.123. The van der Waals surface area contributed by atoms with Crippen molar-refractivity contribution in [3.05, 3.63) is 65.5 Å². The molecule has 3 aromatic rings. The molecule has 0 saturated carbocycles. The average molecular weight is 343 g/mol. The predicted octanol–water partition coefficient (Wildman–Crippen LogP) is 3.75. The van der Waals surface area contributed by atoms with E-state index in [1.54, 1.807) is 6.92 Å². The molecule has 1 aromatic heterocycles. The zero-order chi connectivity index (χ0) is 18.0. The number of imidazole rings is 1. The van der Waals surface area contributed by atoms with E-state index in [-0.39, 0.29) is 12.5 Å². The van der Waals surface area contributed by atoms with Crippen LogP contribution in [-0.2, 0) is 17.8 Å². The van der Waals surface area contributed by atoms with Crippen LogP contribution < -0.4 is 5.32 Å². The Morgan fingerprint density at radius 3 is 2.68 bits per heavy atom. The zero-order valence-electron chi connectivity index (χ0n) is 14.1. The van der Waals surface area contributed by atoms with Crippen LogP contribution in [0, 0.1) is 11.6 Å². The molecule has 0 aliphatic heterocycles. The standard InChI is InChI=1S/C19H19F2N3O/c1-3-18-23-16-6-4-5-7-17(16)24(18)11-19(25)22-12(2)13-8-9-14(20)15(21)10-13/h4-10,12H,3,11H2,1-2H3,(H,22,25)/t12-/m1/s1. The third-order valence-corrected chi connectivity index (χ3v) is 4.17. The van der Waals surface area contributed by atoms with Crippen molar-refractivity contribution in [2.75, 3.05) is 0 Å². The monoisotopic (exact) mass is 343 g/mol. The molecule has 0 unspecified atom stereocenters. The van der Waals surface area contributed by atoms with Gasteiger partial charge in [-0.1, -0.05) is 25.1 Å². The summed E-state index contributed by atoms with van der Waals surface area (Å²) in [6.45, 7) is 3.84. The van der Waals surface area contributed by atoms with Crippen molar-refractivity contribution in [3.63, 3.8) is 0 Å². The van der Waals surface area contributed by atoms with Gasteiger partial charge in [0.15, 0.2) is 11.6 Å². The number of para-hydroxylation sites is 2. The van der Waals surface area contributed by atoms with E-state index in [9.17, 15) is 13.6 Å². The molecule has 6 heteroatoms. The van der Waals surface area contributed by atoms with E-state index in [0.29, 0.717) is 12.0 Å². The van der Waals surface area contributed by atoms with Crippen LogP contribution in [-0.4, -0.2) is 15.5 Å². The van der Waals surface area contributed by atoms with Gasteiger partial charge in [-0.05, 0) is 36.8 Å². The van der Waals surface area contributed by atoms with Gasteiger partial charge in [-0.2, -0.15) is 0 Å². The Kier molecular flexibility index (Phi) is 4.79. The van der Waals surface area contributed by atoms with Crippen LogP contribution in [0.25, 0.3) is 11.0 Å². The van der Waals surface area contributed by atoms with E-state index >= 15 is 0 Å². The third kappa shape index (κ3) is 3.52. The topological polar surface area (TPSA) is 46.9 Å². The molecule has 0 saturated heterocycles. The first-order chi connectivity index (χ1) is 12.0. The number of aromatic nitrogens is 2. The number of aryl methyl sites for hydroxylation is 1. The van der Waals surface area contributed by atoms with Crippen LogP contribution >= 0.6 is 0 Å². The van der Waals surface area contributed by atoms with Gasteiger partial charge in [-0.15, -0.1) is 0 Å². The summed E-state index contributed by atoms with van der Waals surface area (Å²) in [7, 11) is 0. The first-order valence-electron chi connectivity index (χ1n) is 8.18. The summed E-state index contributed by atoms with van der Waals surface area (Å²) >= 11 is 0. The van der Waals surface area contributed by atoms with Crippen molar-refractivity contribution in [1.82, 2.24) is 14.9 Å². The summed E-state index contributed by atoms with van der Waals surface area (Å²) in [4.78, 5) is 17.0. The van der Waals surface area contributed by atoms with E-state index in [1.165, 1.54) is 6.07 Å². The lowest BCUT2D eigenvalue weighted by molar-refractivity contribution is -0.122. The molecule has 3 rings (SSSR count). The average Bonchev–Trinajstić information content (AvgIpc) is 2.95. The highest BCUT2D eigenvalue weighted by molar-refractivity contribution is 5.81. The minimum atomic E-state index is -0.924. The number of benzene rings is 2. The van der Waals surface area contributed by atoms with Crippen LogP contribution in [0.2, 0.25) is 0 Å². The van der Waals surface area contributed by atoms with E-state index in [2.05, 4.69) is 10.3 Å². The number of amides is 1. The molecule has 0 spiro atoms. The highest BCUT2D eigenvalue weighted by Crippen LogP contribution is 2.18. The van der Waals surface area contributed by atoms with Crippen molar-refractivity contribution in [2.24, 2.45) is 0 Å². The number of nitrogens with one attached hydrogen (secondary N) is 1. The van der Waals surface area contributed by atoms with Crippen molar-refractivity contribution in [1.29, 1.82) is 0 Å². The summed E-state index contributed by atoms with van der Waals surface area (Å²) in [5, 5.41) is 2.82. The van der Waals surface area contributed by atoms with Gasteiger partial charge in [0.05, 0.1) is 17.1 Å². The summed E-state index contributed by atoms with van der Waals surface area (Å²) in [6, 6.07) is 10.8. The smallest absolute Gasteiger partial charge is 0.240 e. The third-order valence-electron chi connectivity index (χ3n) is 4.17. The molecule has 1 atom stereocenters. The fraction of sp³-hybridized carbons (Fsp3) is 0.263. The van der Waals surface area contributed by atoms with Gasteiger partial charge in [0.2, 0.25) is 5.91 Å². The van der Waals surface area contributed by atoms with Crippen molar-refractivity contribution in [3.8, 4) is 0 Å². The van der Waals surface area contributed by atoms with Crippen molar-refractivity contribution >= 4 is 16.9 Å². The van der Waals surface area contributed by atoms with Gasteiger partial charge in [0.1, 0.15) is 12.4 Å². The Morgan fingerprint density at radius 1 is 1.20 bits per heavy atom. The molecule has 1 heterocycles. The highest BCUT2D eigenvalue weighted by atomic mass is 19.2. The Balaban J connectivity index is 1.77. The molecule has 1 amide bonds. The molecule has 0 radical (unpaired) electrons. The van der Waals surface area contributed by atoms with Crippen LogP contribution in [0.5, 0.6) is 0 Å². The quantitative estimate of drug-likeness (QED) is 0.767. The Morgan fingerprint density at radius 2 is 1.96 bits per heavy atom. The molecule has 0 fully saturated rings. The molecular formula is C19H19F2N3O. The fourth-order valence-corrected chi connectivity index (χ4v) is 2.87. The maximum Gasteiger partial charge on any atom is 0.240 e. The minimum Gasteiger partial charge on any atom is -0.348 e. The number of halogens is 2. The number of rotatable bonds is 5. The Hall–Kier alpha value is -2.76. The number of nitrogens with zero attached hydrogens (tertiary/aromatic N) is 2. The lowest BCUT2D eigenvalue weighted by Gasteiger charge is -2.16. The van der Waals surface area contributed by atoms with Gasteiger partial charge in [-0.25, -0.2) is 13.8 Å². The van der Waals surface area contributed by atoms with Gasteiger partial charge in [-0.3, -0.25) is 4.79 Å². The SMILES string of the molecule is CCc1nc2ccccc2n1CC(=O)N[C@H](C)c1ccc(F)c(F)c1. The van der Waals surface area contributed by atoms with Crippen LogP contribution in [0.15, 0.2) is 42.5 Å². The van der Waals surface area contributed by atoms with Crippen LogP contribution in [0.3, 0.4) is 0 Å². The Bertz CT molecular complexity index is 920. The van der Waals surface area contributed by atoms with Gasteiger partial charge in [0.25, 0.3) is 0 Å². The Labute approximate surface area is 144 Å². The number of hydrogen-bond acceptors (Lipinski definition) is 2. The molecule has 4 nitrogen and oxygen atoms in total. The number of carbonyl (C=O) groups is 1. The molecular weight excluding hydrogens is 324 g/mol. The van der Waals surface area contributed by atoms with Crippen molar-refractivity contribution in [2.45, 2.75) is 32.9 Å². The first kappa shape index (κ1) is 17.1. The molecule has 25 heavy (non-hydrogen) atoms. The molecule has 130 valence electrons. The molecule has 0 aliphatic carbocycles. The van der Waals surface area contributed by atoms with E-state index in [4.69, 9.17) is 0 Å². The second kappa shape index (κ2) is 7.01. The summed E-state index contributed by atoms with van der Waals surface area (Å²) < 4.78 is 28.3. The molecule has 1 N–H and O–H groups in total. The number of hydrogen-bond donors (Lipinski definition) is 1. The van der Waals surface area contributed by atoms with Gasteiger partial charge < -0.3 is 9.88 Å². The predicted molar refractivity (Wildman–Crippen MR) is 92.0 cm³/mol. The second-order valence-corrected chi connectivity index (χ2v) is 5.92. The molecule has 2 aromatic carbocycles. The first-order valence-corrected chi connectivity index (χ1v) is 8.18.